The zero-order valence-corrected chi connectivity index (χ0v) is 17.7. The van der Waals surface area contributed by atoms with Crippen molar-refractivity contribution in [2.75, 3.05) is 19.6 Å². The summed E-state index contributed by atoms with van der Waals surface area (Å²) >= 11 is 0. The summed E-state index contributed by atoms with van der Waals surface area (Å²) in [6.07, 6.45) is 2.61. The maximum absolute atomic E-state index is 12.6. The van der Waals surface area contributed by atoms with Crippen molar-refractivity contribution in [1.29, 1.82) is 0 Å². The standard InChI is InChI=1S/C22H36N4O2/c1-15(2)20(26-10-8-16(3)9-11-26)14-24-21(27)13-19(25-22(23)28)18-7-5-6-17(4)12-18/h5-7,12,15-16,19-20H,8-11,13-14H2,1-4H3,(H,24,27)(H3,23,25,28). The van der Waals surface area contributed by atoms with Crippen LogP contribution in [0.25, 0.3) is 0 Å². The number of carbonyl (C=O) groups is 2. The molecular formula is C22H36N4O2. The van der Waals surface area contributed by atoms with Crippen molar-refractivity contribution in [2.45, 2.75) is 59.0 Å². The predicted octanol–water partition coefficient (Wildman–Crippen LogP) is 2.97. The number of nitrogens with zero attached hydrogens (tertiary/aromatic N) is 1. The number of primary amides is 1. The number of hydrogen-bond acceptors (Lipinski definition) is 3. The van der Waals surface area contributed by atoms with Crippen LogP contribution in [0.5, 0.6) is 0 Å². The second kappa shape index (κ2) is 10.5. The molecule has 0 aromatic heterocycles. The highest BCUT2D eigenvalue weighted by atomic mass is 16.2. The lowest BCUT2D eigenvalue weighted by Crippen LogP contribution is -2.50. The summed E-state index contributed by atoms with van der Waals surface area (Å²) in [4.78, 5) is 26.5. The Hall–Kier alpha value is -2.08. The molecule has 4 N–H and O–H groups in total. The van der Waals surface area contributed by atoms with Crippen LogP contribution < -0.4 is 16.4 Å². The lowest BCUT2D eigenvalue weighted by atomic mass is 9.94. The van der Waals surface area contributed by atoms with Gasteiger partial charge in [0.25, 0.3) is 0 Å². The van der Waals surface area contributed by atoms with Gasteiger partial charge in [0.1, 0.15) is 0 Å². The molecule has 0 bridgehead atoms. The number of piperidine rings is 1. The fourth-order valence-electron chi connectivity index (χ4n) is 3.93. The molecule has 3 amide bonds. The fourth-order valence-corrected chi connectivity index (χ4v) is 3.93. The van der Waals surface area contributed by atoms with Crippen LogP contribution in [0.1, 0.15) is 57.2 Å². The van der Waals surface area contributed by atoms with Crippen LogP contribution in [0.3, 0.4) is 0 Å². The van der Waals surface area contributed by atoms with E-state index in [1.165, 1.54) is 12.8 Å². The third-order valence-corrected chi connectivity index (χ3v) is 5.72. The van der Waals surface area contributed by atoms with Gasteiger partial charge in [0.15, 0.2) is 0 Å². The second-order valence-corrected chi connectivity index (χ2v) is 8.51. The van der Waals surface area contributed by atoms with Gasteiger partial charge in [-0.25, -0.2) is 4.79 Å². The van der Waals surface area contributed by atoms with E-state index in [0.717, 1.165) is 30.1 Å². The molecule has 1 fully saturated rings. The minimum absolute atomic E-state index is 0.0729. The maximum atomic E-state index is 12.6. The summed E-state index contributed by atoms with van der Waals surface area (Å²) in [5, 5.41) is 5.79. The van der Waals surface area contributed by atoms with E-state index in [9.17, 15) is 9.59 Å². The molecule has 1 saturated heterocycles. The molecule has 2 unspecified atom stereocenters. The van der Waals surface area contributed by atoms with Crippen molar-refractivity contribution >= 4 is 11.9 Å². The van der Waals surface area contributed by atoms with Crippen molar-refractivity contribution in [1.82, 2.24) is 15.5 Å². The van der Waals surface area contributed by atoms with Crippen molar-refractivity contribution in [3.05, 3.63) is 35.4 Å². The molecule has 1 aliphatic heterocycles. The predicted molar refractivity (Wildman–Crippen MR) is 113 cm³/mol. The van der Waals surface area contributed by atoms with E-state index in [1.807, 2.05) is 31.2 Å². The number of amides is 3. The van der Waals surface area contributed by atoms with Gasteiger partial charge in [0, 0.05) is 12.6 Å². The highest BCUT2D eigenvalue weighted by Gasteiger charge is 2.26. The van der Waals surface area contributed by atoms with Gasteiger partial charge >= 0.3 is 6.03 Å². The first-order valence-corrected chi connectivity index (χ1v) is 10.4. The minimum atomic E-state index is -0.623. The Balaban J connectivity index is 1.96. The first-order chi connectivity index (χ1) is 13.3. The van der Waals surface area contributed by atoms with Crippen LogP contribution in [0.2, 0.25) is 0 Å². The Morgan fingerprint density at radius 1 is 1.25 bits per heavy atom. The first-order valence-electron chi connectivity index (χ1n) is 10.4. The SMILES string of the molecule is Cc1cccc(C(CC(=O)NCC(C(C)C)N2CCC(C)CC2)NC(N)=O)c1. The molecule has 1 aromatic carbocycles. The largest absolute Gasteiger partial charge is 0.354 e. The number of nitrogens with one attached hydrogen (secondary N) is 2. The van der Waals surface area contributed by atoms with Crippen molar-refractivity contribution < 1.29 is 9.59 Å². The van der Waals surface area contributed by atoms with Crippen LogP contribution in [-0.4, -0.2) is 42.5 Å². The summed E-state index contributed by atoms with van der Waals surface area (Å²) in [5.41, 5.74) is 7.29. The van der Waals surface area contributed by atoms with Crippen molar-refractivity contribution in [2.24, 2.45) is 17.6 Å². The van der Waals surface area contributed by atoms with Gasteiger partial charge < -0.3 is 16.4 Å². The smallest absolute Gasteiger partial charge is 0.312 e. The zero-order chi connectivity index (χ0) is 20.7. The highest BCUT2D eigenvalue weighted by molar-refractivity contribution is 5.78. The first kappa shape index (κ1) is 22.2. The lowest BCUT2D eigenvalue weighted by molar-refractivity contribution is -0.122. The van der Waals surface area contributed by atoms with E-state index in [0.29, 0.717) is 18.5 Å². The Kier molecular flexibility index (Phi) is 8.30. The number of hydrogen-bond donors (Lipinski definition) is 3. The number of carbonyl (C=O) groups excluding carboxylic acids is 2. The van der Waals surface area contributed by atoms with E-state index < -0.39 is 12.1 Å². The van der Waals surface area contributed by atoms with Crippen molar-refractivity contribution in [3.63, 3.8) is 0 Å². The number of benzene rings is 1. The number of aryl methyl sites for hydroxylation is 1. The molecule has 6 heteroatoms. The Morgan fingerprint density at radius 2 is 1.93 bits per heavy atom. The lowest BCUT2D eigenvalue weighted by Gasteiger charge is -2.39. The van der Waals surface area contributed by atoms with Crippen LogP contribution >= 0.6 is 0 Å². The molecular weight excluding hydrogens is 352 g/mol. The molecule has 0 radical (unpaired) electrons. The number of rotatable bonds is 8. The Bertz CT molecular complexity index is 654. The average Bonchev–Trinajstić information content (AvgIpc) is 2.62. The molecule has 2 rings (SSSR count). The van der Waals surface area contributed by atoms with E-state index in [4.69, 9.17) is 5.73 Å². The summed E-state index contributed by atoms with van der Waals surface area (Å²) in [6, 6.07) is 7.07. The maximum Gasteiger partial charge on any atom is 0.312 e. The van der Waals surface area contributed by atoms with Gasteiger partial charge in [-0.2, -0.15) is 0 Å². The number of likely N-dealkylation sites (tertiary alicyclic amines) is 1. The molecule has 2 atom stereocenters. The van der Waals surface area contributed by atoms with E-state index in [1.54, 1.807) is 0 Å². The zero-order valence-electron chi connectivity index (χ0n) is 17.7. The van der Waals surface area contributed by atoms with Gasteiger partial charge in [-0.3, -0.25) is 9.69 Å². The van der Waals surface area contributed by atoms with Crippen molar-refractivity contribution in [3.8, 4) is 0 Å². The molecule has 28 heavy (non-hydrogen) atoms. The molecule has 156 valence electrons. The molecule has 1 aliphatic rings. The van der Waals surface area contributed by atoms with Gasteiger partial charge in [0.2, 0.25) is 5.91 Å². The van der Waals surface area contributed by atoms with Crippen LogP contribution in [0.4, 0.5) is 4.79 Å². The average molecular weight is 389 g/mol. The molecule has 1 heterocycles. The van der Waals surface area contributed by atoms with E-state index in [-0.39, 0.29) is 12.3 Å². The number of urea groups is 1. The molecule has 0 spiro atoms. The molecule has 6 nitrogen and oxygen atoms in total. The summed E-state index contributed by atoms with van der Waals surface area (Å²) in [5.74, 6) is 1.18. The quantitative estimate of drug-likeness (QED) is 0.640. The van der Waals surface area contributed by atoms with Gasteiger partial charge in [-0.1, -0.05) is 50.6 Å². The van der Waals surface area contributed by atoms with Gasteiger partial charge in [0.05, 0.1) is 12.5 Å². The van der Waals surface area contributed by atoms with Gasteiger partial charge in [-0.05, 0) is 50.3 Å². The minimum Gasteiger partial charge on any atom is -0.354 e. The second-order valence-electron chi connectivity index (χ2n) is 8.51. The third-order valence-electron chi connectivity index (χ3n) is 5.72. The third kappa shape index (κ3) is 6.82. The fraction of sp³-hybridized carbons (Fsp3) is 0.636. The summed E-state index contributed by atoms with van der Waals surface area (Å²) < 4.78 is 0. The topological polar surface area (TPSA) is 87.5 Å². The highest BCUT2D eigenvalue weighted by Crippen LogP contribution is 2.22. The Morgan fingerprint density at radius 3 is 2.50 bits per heavy atom. The monoisotopic (exact) mass is 388 g/mol. The van der Waals surface area contributed by atoms with Gasteiger partial charge in [-0.15, -0.1) is 0 Å². The van der Waals surface area contributed by atoms with Crippen LogP contribution in [0.15, 0.2) is 24.3 Å². The summed E-state index contributed by atoms with van der Waals surface area (Å²) in [6.45, 7) is 11.5. The molecule has 0 aliphatic carbocycles. The van der Waals surface area contributed by atoms with Crippen LogP contribution in [0, 0.1) is 18.8 Å². The molecule has 1 aromatic rings. The normalized spacial score (nSPS) is 17.9. The molecule has 0 saturated carbocycles. The van der Waals surface area contributed by atoms with Crippen LogP contribution in [-0.2, 0) is 4.79 Å². The number of nitrogens with two attached hydrogens (primary N) is 1. The van der Waals surface area contributed by atoms with E-state index in [2.05, 4.69) is 36.3 Å². The Labute approximate surface area is 169 Å². The summed E-state index contributed by atoms with van der Waals surface area (Å²) in [7, 11) is 0. The van der Waals surface area contributed by atoms with E-state index >= 15 is 0 Å².